The number of ether oxygens (including phenoxy) is 2. The molecule has 1 N–H and O–H groups in total. The summed E-state index contributed by atoms with van der Waals surface area (Å²) in [7, 11) is 1.44. The van der Waals surface area contributed by atoms with Gasteiger partial charge in [0, 0.05) is 17.7 Å². The summed E-state index contributed by atoms with van der Waals surface area (Å²) in [5.41, 5.74) is -0.872. The molecule has 0 aliphatic carbocycles. The molecule has 0 fully saturated rings. The molecule has 0 radical (unpaired) electrons. The lowest BCUT2D eigenvalue weighted by atomic mass is 10.1. The van der Waals surface area contributed by atoms with E-state index in [9.17, 15) is 28.1 Å². The second-order valence-corrected chi connectivity index (χ2v) is 8.35. The Balaban J connectivity index is 1.52. The van der Waals surface area contributed by atoms with Gasteiger partial charge < -0.3 is 14.8 Å². The van der Waals surface area contributed by atoms with E-state index in [1.807, 2.05) is 0 Å². The fraction of sp³-hybridized carbons (Fsp3) is 0.0741. The van der Waals surface area contributed by atoms with Gasteiger partial charge in [-0.1, -0.05) is 12.1 Å². The second kappa shape index (κ2) is 10.7. The quantitative estimate of drug-likeness (QED) is 0.175. The van der Waals surface area contributed by atoms with Crippen LogP contribution in [0.25, 0.3) is 16.9 Å². The van der Waals surface area contributed by atoms with E-state index in [1.165, 1.54) is 31.4 Å². The van der Waals surface area contributed by atoms with E-state index in [0.29, 0.717) is 11.3 Å². The molecule has 0 spiro atoms. The molecule has 3 aromatic carbocycles. The van der Waals surface area contributed by atoms with Crippen molar-refractivity contribution in [1.82, 2.24) is 14.6 Å². The molecule has 0 saturated heterocycles. The minimum atomic E-state index is -2.97. The first-order chi connectivity index (χ1) is 19.2. The van der Waals surface area contributed by atoms with Crippen molar-refractivity contribution in [1.29, 1.82) is 0 Å². The molecule has 0 atom stereocenters. The highest BCUT2D eigenvalue weighted by atomic mass is 19.3. The zero-order valence-corrected chi connectivity index (χ0v) is 20.5. The maximum absolute atomic E-state index is 13.9. The van der Waals surface area contributed by atoms with E-state index >= 15 is 0 Å². The largest absolute Gasteiger partial charge is 0.493 e. The highest BCUT2D eigenvalue weighted by Crippen LogP contribution is 2.35. The number of nitrogens with zero attached hydrogens (tertiary/aromatic N) is 4. The van der Waals surface area contributed by atoms with Crippen molar-refractivity contribution in [3.63, 3.8) is 0 Å². The van der Waals surface area contributed by atoms with Crippen LogP contribution in [-0.2, 0) is 0 Å². The molecule has 5 aromatic rings. The summed E-state index contributed by atoms with van der Waals surface area (Å²) in [6.07, 6.45) is -1.91. The van der Waals surface area contributed by atoms with Gasteiger partial charge in [-0.25, -0.2) is 22.7 Å². The number of carbonyl (C=O) groups excluding carboxylic acids is 1. The predicted molar refractivity (Wildman–Crippen MR) is 137 cm³/mol. The van der Waals surface area contributed by atoms with Crippen LogP contribution in [0.2, 0.25) is 0 Å². The molecule has 202 valence electrons. The Morgan fingerprint density at radius 2 is 1.77 bits per heavy atom. The lowest BCUT2D eigenvalue weighted by Gasteiger charge is -2.12. The first-order valence-electron chi connectivity index (χ1n) is 11.6. The number of non-ortho nitro benzene ring substituents is 1. The van der Waals surface area contributed by atoms with Crippen molar-refractivity contribution < 1.29 is 32.4 Å². The van der Waals surface area contributed by atoms with Crippen molar-refractivity contribution in [2.75, 3.05) is 12.4 Å². The van der Waals surface area contributed by atoms with Crippen molar-refractivity contribution >= 4 is 22.9 Å². The van der Waals surface area contributed by atoms with E-state index in [4.69, 9.17) is 9.47 Å². The number of nitro groups is 1. The van der Waals surface area contributed by atoms with Gasteiger partial charge in [-0.05, 0) is 42.5 Å². The van der Waals surface area contributed by atoms with Gasteiger partial charge in [-0.3, -0.25) is 14.9 Å². The monoisotopic (exact) mass is 549 g/mol. The lowest BCUT2D eigenvalue weighted by Crippen LogP contribution is -2.13. The number of anilines is 1. The van der Waals surface area contributed by atoms with Crippen molar-refractivity contribution in [2.24, 2.45) is 0 Å². The van der Waals surface area contributed by atoms with Gasteiger partial charge in [0.25, 0.3) is 18.0 Å². The predicted octanol–water partition coefficient (Wildman–Crippen LogP) is 6.43. The number of hydrogen-bond donors (Lipinski definition) is 1. The fourth-order valence-corrected chi connectivity index (χ4v) is 3.92. The second-order valence-electron chi connectivity index (χ2n) is 8.35. The summed E-state index contributed by atoms with van der Waals surface area (Å²) in [5, 5.41) is 18.0. The van der Waals surface area contributed by atoms with Crippen LogP contribution in [0.3, 0.4) is 0 Å². The van der Waals surface area contributed by atoms with E-state index < -0.39 is 28.8 Å². The molecule has 40 heavy (non-hydrogen) atoms. The van der Waals surface area contributed by atoms with Crippen LogP contribution >= 0.6 is 0 Å². The summed E-state index contributed by atoms with van der Waals surface area (Å²) in [4.78, 5) is 28.5. The molecule has 1 amide bonds. The Morgan fingerprint density at radius 3 is 2.45 bits per heavy atom. The SMILES string of the molecule is COc1ccccc1Oc1cc(NC(=O)c2cnn3c(C(F)F)cc(-c4ccc(F)cc4)nc23)cc([N+](=O)[O-])c1. The standard InChI is InChI=1S/C27H18F3N5O5/c1-39-23-4-2-3-5-24(23)40-19-11-17(10-18(12-19)35(37)38)32-27(36)20-14-31-34-22(25(29)30)13-21(33-26(20)34)15-6-8-16(28)9-7-15/h2-14,25H,1H3,(H,32,36). The molecule has 2 aromatic heterocycles. The molecule has 0 saturated carbocycles. The molecule has 0 bridgehead atoms. The Bertz CT molecular complexity index is 1740. The van der Waals surface area contributed by atoms with Gasteiger partial charge in [-0.15, -0.1) is 0 Å². The first-order valence-corrected chi connectivity index (χ1v) is 11.6. The van der Waals surface area contributed by atoms with Crippen molar-refractivity contribution in [3.05, 3.63) is 106 Å². The zero-order chi connectivity index (χ0) is 28.4. The van der Waals surface area contributed by atoms with Crippen LogP contribution in [0, 0.1) is 15.9 Å². The number of hydrogen-bond acceptors (Lipinski definition) is 7. The molecule has 10 nitrogen and oxygen atoms in total. The Labute approximate surface area is 223 Å². The van der Waals surface area contributed by atoms with Crippen LogP contribution in [0.5, 0.6) is 17.2 Å². The molecule has 0 unspecified atom stereocenters. The Hall–Kier alpha value is -5.46. The summed E-state index contributed by atoms with van der Waals surface area (Å²) < 4.78 is 53.0. The molecule has 5 rings (SSSR count). The number of methoxy groups -OCH3 is 1. The van der Waals surface area contributed by atoms with Gasteiger partial charge in [0.1, 0.15) is 22.8 Å². The summed E-state index contributed by atoms with van der Waals surface area (Å²) in [6, 6.07) is 16.4. The van der Waals surface area contributed by atoms with Crippen LogP contribution in [-0.4, -0.2) is 32.5 Å². The smallest absolute Gasteiger partial charge is 0.280 e. The molecule has 0 aliphatic heterocycles. The number of rotatable bonds is 8. The molecular formula is C27H18F3N5O5. The highest BCUT2D eigenvalue weighted by Gasteiger charge is 2.23. The van der Waals surface area contributed by atoms with Gasteiger partial charge in [0.2, 0.25) is 0 Å². The number of nitrogens with one attached hydrogen (secondary N) is 1. The third kappa shape index (κ3) is 5.25. The zero-order valence-electron chi connectivity index (χ0n) is 20.5. The highest BCUT2D eigenvalue weighted by molar-refractivity contribution is 6.08. The van der Waals surface area contributed by atoms with Gasteiger partial charge >= 0.3 is 0 Å². The number of fused-ring (bicyclic) bond motifs is 1. The van der Waals surface area contributed by atoms with Crippen LogP contribution < -0.4 is 14.8 Å². The molecule has 0 aliphatic rings. The number of carbonyl (C=O) groups is 1. The van der Waals surface area contributed by atoms with E-state index in [0.717, 1.165) is 35.0 Å². The average molecular weight is 549 g/mol. The number of alkyl halides is 2. The third-order valence-corrected chi connectivity index (χ3v) is 5.76. The Kier molecular flexibility index (Phi) is 7.01. The summed E-state index contributed by atoms with van der Waals surface area (Å²) in [6.45, 7) is 0. The van der Waals surface area contributed by atoms with Crippen molar-refractivity contribution in [3.8, 4) is 28.5 Å². The van der Waals surface area contributed by atoms with Gasteiger partial charge in [-0.2, -0.15) is 5.10 Å². The van der Waals surface area contributed by atoms with Gasteiger partial charge in [0.15, 0.2) is 17.1 Å². The minimum Gasteiger partial charge on any atom is -0.493 e. The number of para-hydroxylation sites is 2. The number of benzene rings is 3. The summed E-state index contributed by atoms with van der Waals surface area (Å²) >= 11 is 0. The van der Waals surface area contributed by atoms with E-state index in [-0.39, 0.29) is 39.8 Å². The fourth-order valence-electron chi connectivity index (χ4n) is 3.92. The van der Waals surface area contributed by atoms with Crippen LogP contribution in [0.4, 0.5) is 24.5 Å². The maximum Gasteiger partial charge on any atom is 0.280 e. The van der Waals surface area contributed by atoms with Crippen LogP contribution in [0.15, 0.2) is 79.0 Å². The lowest BCUT2D eigenvalue weighted by molar-refractivity contribution is -0.384. The van der Waals surface area contributed by atoms with E-state index in [2.05, 4.69) is 15.4 Å². The van der Waals surface area contributed by atoms with E-state index in [1.54, 1.807) is 24.3 Å². The molecule has 2 heterocycles. The maximum atomic E-state index is 13.9. The van der Waals surface area contributed by atoms with Crippen molar-refractivity contribution in [2.45, 2.75) is 6.43 Å². The average Bonchev–Trinajstić information content (AvgIpc) is 3.37. The molecular weight excluding hydrogens is 531 g/mol. The minimum absolute atomic E-state index is 0.00720. The van der Waals surface area contributed by atoms with Gasteiger partial charge in [0.05, 0.1) is 35.7 Å². The topological polar surface area (TPSA) is 121 Å². The summed E-state index contributed by atoms with van der Waals surface area (Å²) in [5.74, 6) is -0.645. The number of nitro benzene ring substituents is 1. The number of halogens is 3. The third-order valence-electron chi connectivity index (χ3n) is 5.76. The number of amides is 1. The van der Waals surface area contributed by atoms with Crippen LogP contribution in [0.1, 0.15) is 22.5 Å². The normalized spacial score (nSPS) is 11.0. The first kappa shape index (κ1) is 26.2. The molecule has 13 heteroatoms. The number of aromatic nitrogens is 3. The Morgan fingerprint density at radius 1 is 1.05 bits per heavy atom.